The Labute approximate surface area is 94.5 Å². The number of nitrogens with one attached hydrogen (secondary N) is 1. The highest BCUT2D eigenvalue weighted by Crippen LogP contribution is 2.01. The predicted molar refractivity (Wildman–Crippen MR) is 61.9 cm³/mol. The smallest absolute Gasteiger partial charge is 0.222 e. The third kappa shape index (κ3) is 3.05. The minimum absolute atomic E-state index is 0.476. The van der Waals surface area contributed by atoms with Gasteiger partial charge in [0, 0.05) is 37.9 Å². The molecule has 0 aliphatic heterocycles. The van der Waals surface area contributed by atoms with Gasteiger partial charge in [-0.05, 0) is 18.1 Å². The maximum Gasteiger partial charge on any atom is 0.222 e. The summed E-state index contributed by atoms with van der Waals surface area (Å²) in [6.07, 6.45) is 7.22. The first-order valence-electron chi connectivity index (χ1n) is 5.33. The van der Waals surface area contributed by atoms with Gasteiger partial charge in [0.05, 0.1) is 0 Å². The van der Waals surface area contributed by atoms with E-state index in [0.29, 0.717) is 11.9 Å². The average molecular weight is 217 g/mol. The van der Waals surface area contributed by atoms with Crippen LogP contribution in [0.25, 0.3) is 0 Å². The van der Waals surface area contributed by atoms with Crippen LogP contribution < -0.4 is 5.32 Å². The number of anilines is 1. The Morgan fingerprint density at radius 1 is 1.25 bits per heavy atom. The van der Waals surface area contributed by atoms with Crippen molar-refractivity contribution < 1.29 is 0 Å². The Hall–Kier alpha value is -1.91. The molecule has 2 aromatic heterocycles. The molecule has 0 aliphatic rings. The molecular formula is C11H15N5. The molecular weight excluding hydrogens is 202 g/mol. The number of nitrogens with zero attached hydrogens (tertiary/aromatic N) is 4. The normalized spacial score (nSPS) is 12.3. The van der Waals surface area contributed by atoms with Gasteiger partial charge in [-0.3, -0.25) is 4.68 Å². The SMILES string of the molecule is CC(CNc1ncccn1)Cn1cccn1. The summed E-state index contributed by atoms with van der Waals surface area (Å²) in [5.74, 6) is 1.15. The van der Waals surface area contributed by atoms with E-state index < -0.39 is 0 Å². The second-order valence-electron chi connectivity index (χ2n) is 3.79. The van der Waals surface area contributed by atoms with Crippen LogP contribution in [0.2, 0.25) is 0 Å². The summed E-state index contributed by atoms with van der Waals surface area (Å²) < 4.78 is 1.93. The number of rotatable bonds is 5. The molecule has 0 saturated carbocycles. The highest BCUT2D eigenvalue weighted by molar-refractivity contribution is 5.21. The Morgan fingerprint density at radius 2 is 2.06 bits per heavy atom. The van der Waals surface area contributed by atoms with Gasteiger partial charge in [-0.15, -0.1) is 0 Å². The topological polar surface area (TPSA) is 55.6 Å². The quantitative estimate of drug-likeness (QED) is 0.823. The van der Waals surface area contributed by atoms with Crippen LogP contribution >= 0.6 is 0 Å². The first kappa shape index (κ1) is 10.6. The van der Waals surface area contributed by atoms with Gasteiger partial charge in [0.15, 0.2) is 0 Å². The molecule has 0 fully saturated rings. The van der Waals surface area contributed by atoms with Crippen LogP contribution in [0.4, 0.5) is 5.95 Å². The molecule has 0 aromatic carbocycles. The van der Waals surface area contributed by atoms with E-state index in [1.807, 2.05) is 16.9 Å². The molecule has 0 bridgehead atoms. The molecule has 1 unspecified atom stereocenters. The van der Waals surface area contributed by atoms with Crippen LogP contribution in [0.1, 0.15) is 6.92 Å². The van der Waals surface area contributed by atoms with Crippen LogP contribution in [0.5, 0.6) is 0 Å². The van der Waals surface area contributed by atoms with E-state index >= 15 is 0 Å². The molecule has 0 aliphatic carbocycles. The van der Waals surface area contributed by atoms with Crippen LogP contribution in [0, 0.1) is 5.92 Å². The summed E-state index contributed by atoms with van der Waals surface area (Å²) in [6, 6.07) is 3.73. The van der Waals surface area contributed by atoms with E-state index in [4.69, 9.17) is 0 Å². The van der Waals surface area contributed by atoms with Gasteiger partial charge in [0.2, 0.25) is 5.95 Å². The molecule has 2 heterocycles. The van der Waals surface area contributed by atoms with Crippen LogP contribution in [0.15, 0.2) is 36.9 Å². The third-order valence-corrected chi connectivity index (χ3v) is 2.23. The Bertz CT molecular complexity index is 398. The molecule has 0 radical (unpaired) electrons. The van der Waals surface area contributed by atoms with Gasteiger partial charge >= 0.3 is 0 Å². The van der Waals surface area contributed by atoms with Crippen molar-refractivity contribution >= 4 is 5.95 Å². The summed E-state index contributed by atoms with van der Waals surface area (Å²) in [5, 5.41) is 7.36. The number of hydrogen-bond donors (Lipinski definition) is 1. The van der Waals surface area contributed by atoms with E-state index in [9.17, 15) is 0 Å². The van der Waals surface area contributed by atoms with E-state index in [2.05, 4.69) is 27.3 Å². The molecule has 0 saturated heterocycles. The number of aromatic nitrogens is 4. The van der Waals surface area contributed by atoms with E-state index in [0.717, 1.165) is 13.1 Å². The van der Waals surface area contributed by atoms with E-state index in [1.165, 1.54) is 0 Å². The van der Waals surface area contributed by atoms with Gasteiger partial charge < -0.3 is 5.32 Å². The summed E-state index contributed by atoms with van der Waals surface area (Å²) in [7, 11) is 0. The lowest BCUT2D eigenvalue weighted by atomic mass is 10.2. The van der Waals surface area contributed by atoms with Crippen molar-refractivity contribution in [1.82, 2.24) is 19.7 Å². The Balaban J connectivity index is 1.78. The lowest BCUT2D eigenvalue weighted by Crippen LogP contribution is -2.18. The standard InChI is InChI=1S/C11H15N5/c1-10(9-16-7-3-6-15-16)8-14-11-12-4-2-5-13-11/h2-7,10H,8-9H2,1H3,(H,12,13,14). The zero-order valence-electron chi connectivity index (χ0n) is 9.24. The molecule has 5 heteroatoms. The number of hydrogen-bond acceptors (Lipinski definition) is 4. The van der Waals surface area contributed by atoms with Gasteiger partial charge in [-0.25, -0.2) is 9.97 Å². The molecule has 2 rings (SSSR count). The summed E-state index contributed by atoms with van der Waals surface area (Å²) >= 11 is 0. The maximum atomic E-state index is 4.17. The summed E-state index contributed by atoms with van der Waals surface area (Å²) in [5.41, 5.74) is 0. The fraction of sp³-hybridized carbons (Fsp3) is 0.364. The molecule has 5 nitrogen and oxygen atoms in total. The largest absolute Gasteiger partial charge is 0.354 e. The zero-order chi connectivity index (χ0) is 11.2. The molecule has 84 valence electrons. The monoisotopic (exact) mass is 217 g/mol. The maximum absolute atomic E-state index is 4.17. The predicted octanol–water partition coefficient (Wildman–Crippen LogP) is 1.42. The van der Waals surface area contributed by atoms with Crippen LogP contribution in [0.3, 0.4) is 0 Å². The lowest BCUT2D eigenvalue weighted by molar-refractivity contribution is 0.467. The Kier molecular flexibility index (Phi) is 3.48. The fourth-order valence-electron chi connectivity index (χ4n) is 1.45. The van der Waals surface area contributed by atoms with Crippen LogP contribution in [-0.4, -0.2) is 26.3 Å². The molecule has 0 amide bonds. The fourth-order valence-corrected chi connectivity index (χ4v) is 1.45. The lowest BCUT2D eigenvalue weighted by Gasteiger charge is -2.12. The third-order valence-electron chi connectivity index (χ3n) is 2.23. The van der Waals surface area contributed by atoms with Crippen molar-refractivity contribution in [2.24, 2.45) is 5.92 Å². The molecule has 16 heavy (non-hydrogen) atoms. The first-order valence-corrected chi connectivity index (χ1v) is 5.33. The van der Waals surface area contributed by atoms with Crippen LogP contribution in [-0.2, 0) is 6.54 Å². The van der Waals surface area contributed by atoms with Gasteiger partial charge in [-0.2, -0.15) is 5.10 Å². The summed E-state index contributed by atoms with van der Waals surface area (Å²) in [4.78, 5) is 8.21. The van der Waals surface area contributed by atoms with Gasteiger partial charge in [-0.1, -0.05) is 6.92 Å². The van der Waals surface area contributed by atoms with Gasteiger partial charge in [0.25, 0.3) is 0 Å². The first-order chi connectivity index (χ1) is 7.84. The second kappa shape index (κ2) is 5.25. The van der Waals surface area contributed by atoms with E-state index in [1.54, 1.807) is 24.7 Å². The average Bonchev–Trinajstić information content (AvgIpc) is 2.81. The second-order valence-corrected chi connectivity index (χ2v) is 3.79. The Morgan fingerprint density at radius 3 is 2.75 bits per heavy atom. The molecule has 2 aromatic rings. The van der Waals surface area contributed by atoms with E-state index in [-0.39, 0.29) is 0 Å². The summed E-state index contributed by atoms with van der Waals surface area (Å²) in [6.45, 7) is 3.90. The van der Waals surface area contributed by atoms with Crippen molar-refractivity contribution in [2.45, 2.75) is 13.5 Å². The zero-order valence-corrected chi connectivity index (χ0v) is 9.24. The minimum Gasteiger partial charge on any atom is -0.354 e. The van der Waals surface area contributed by atoms with Crippen molar-refractivity contribution in [2.75, 3.05) is 11.9 Å². The molecule has 0 spiro atoms. The highest BCUT2D eigenvalue weighted by atomic mass is 15.3. The highest BCUT2D eigenvalue weighted by Gasteiger charge is 2.03. The molecule has 1 atom stereocenters. The molecule has 1 N–H and O–H groups in total. The van der Waals surface area contributed by atoms with Crippen molar-refractivity contribution in [3.8, 4) is 0 Å². The van der Waals surface area contributed by atoms with Crippen molar-refractivity contribution in [3.05, 3.63) is 36.9 Å². The minimum atomic E-state index is 0.476. The van der Waals surface area contributed by atoms with Gasteiger partial charge in [0.1, 0.15) is 0 Å². The van der Waals surface area contributed by atoms with Crippen molar-refractivity contribution in [1.29, 1.82) is 0 Å². The van der Waals surface area contributed by atoms with Crippen molar-refractivity contribution in [3.63, 3.8) is 0 Å².